The molecule has 210 valence electrons. The number of hydrogen-bond donors (Lipinski definition) is 2. The van der Waals surface area contributed by atoms with Gasteiger partial charge in [-0.2, -0.15) is 13.8 Å². The third-order valence-corrected chi connectivity index (χ3v) is 7.62. The minimum absolute atomic E-state index is 0.127. The molecule has 3 aliphatic rings. The van der Waals surface area contributed by atoms with Gasteiger partial charge in [-0.3, -0.25) is 4.79 Å². The highest BCUT2D eigenvalue weighted by atomic mass is 19.1. The van der Waals surface area contributed by atoms with Gasteiger partial charge in [0.1, 0.15) is 17.3 Å². The van der Waals surface area contributed by atoms with Gasteiger partial charge < -0.3 is 35.1 Å². The summed E-state index contributed by atoms with van der Waals surface area (Å²) in [6.45, 7) is 2.03. The second kappa shape index (κ2) is 9.73. The summed E-state index contributed by atoms with van der Waals surface area (Å²) < 4.78 is 60.7. The monoisotopic (exact) mass is 556 g/mol. The average Bonchev–Trinajstić information content (AvgIpc) is 3.76. The number of ether oxygens (including phenoxy) is 3. The quantitative estimate of drug-likeness (QED) is 0.439. The predicted octanol–water partition coefficient (Wildman–Crippen LogP) is 3.65. The minimum atomic E-state index is -1.10. The number of rotatable bonds is 6. The normalized spacial score (nSPS) is 17.6. The van der Waals surface area contributed by atoms with Crippen molar-refractivity contribution in [2.75, 3.05) is 61.4 Å². The van der Waals surface area contributed by atoms with Crippen molar-refractivity contribution in [3.8, 4) is 11.8 Å². The Kier molecular flexibility index (Phi) is 6.32. The predicted molar refractivity (Wildman–Crippen MR) is 141 cm³/mol. The van der Waals surface area contributed by atoms with Crippen LogP contribution in [0.1, 0.15) is 24.0 Å². The van der Waals surface area contributed by atoms with E-state index in [-0.39, 0.29) is 6.54 Å². The highest BCUT2D eigenvalue weighted by Crippen LogP contribution is 2.55. The van der Waals surface area contributed by atoms with Gasteiger partial charge in [-0.05, 0) is 36.1 Å². The van der Waals surface area contributed by atoms with Crippen LogP contribution in [-0.2, 0) is 21.5 Å². The lowest BCUT2D eigenvalue weighted by Crippen LogP contribution is -2.45. The first kappa shape index (κ1) is 26.0. The molecule has 0 radical (unpaired) electrons. The molecule has 1 saturated carbocycles. The molecular formula is C27H27F3N6O4. The van der Waals surface area contributed by atoms with E-state index in [0.29, 0.717) is 73.2 Å². The zero-order valence-electron chi connectivity index (χ0n) is 21.9. The van der Waals surface area contributed by atoms with Gasteiger partial charge in [0.15, 0.2) is 0 Å². The number of methoxy groups -OCH3 is 2. The molecule has 4 heterocycles. The Labute approximate surface area is 227 Å². The van der Waals surface area contributed by atoms with Crippen molar-refractivity contribution >= 4 is 34.5 Å². The van der Waals surface area contributed by atoms with Crippen LogP contribution in [0.15, 0.2) is 24.4 Å². The van der Waals surface area contributed by atoms with Crippen LogP contribution in [0, 0.1) is 17.5 Å². The smallest absolute Gasteiger partial charge is 0.255 e. The summed E-state index contributed by atoms with van der Waals surface area (Å²) in [5.74, 6) is -3.70. The van der Waals surface area contributed by atoms with Gasteiger partial charge in [0.05, 0.1) is 56.5 Å². The van der Waals surface area contributed by atoms with Crippen LogP contribution in [0.25, 0.3) is 0 Å². The molecule has 2 fully saturated rings. The maximum Gasteiger partial charge on any atom is 0.255 e. The Morgan fingerprint density at radius 3 is 2.35 bits per heavy atom. The van der Waals surface area contributed by atoms with Crippen molar-refractivity contribution in [3.63, 3.8) is 0 Å². The van der Waals surface area contributed by atoms with Gasteiger partial charge in [0.25, 0.3) is 11.8 Å². The number of halogens is 3. The number of nitrogens with one attached hydrogen (secondary N) is 1. The lowest BCUT2D eigenvalue weighted by Gasteiger charge is -2.35. The topological polar surface area (TPSA) is 115 Å². The second-order valence-electron chi connectivity index (χ2n) is 9.92. The third-order valence-electron chi connectivity index (χ3n) is 7.62. The van der Waals surface area contributed by atoms with E-state index >= 15 is 13.2 Å². The Bertz CT molecular complexity index is 1480. The van der Waals surface area contributed by atoms with E-state index in [9.17, 15) is 4.79 Å². The van der Waals surface area contributed by atoms with Crippen molar-refractivity contribution in [1.82, 2.24) is 9.97 Å². The zero-order chi connectivity index (χ0) is 28.2. The first-order valence-corrected chi connectivity index (χ1v) is 12.7. The van der Waals surface area contributed by atoms with Gasteiger partial charge in [-0.1, -0.05) is 0 Å². The Hall–Kier alpha value is -4.26. The van der Waals surface area contributed by atoms with Gasteiger partial charge in [0, 0.05) is 25.4 Å². The van der Waals surface area contributed by atoms with E-state index < -0.39 is 46.2 Å². The molecule has 3 aromatic rings. The van der Waals surface area contributed by atoms with E-state index in [4.69, 9.17) is 19.9 Å². The summed E-state index contributed by atoms with van der Waals surface area (Å²) >= 11 is 0. The Balaban J connectivity index is 1.32. The highest BCUT2D eigenvalue weighted by molar-refractivity contribution is 6.05. The molecule has 2 aliphatic heterocycles. The van der Waals surface area contributed by atoms with Gasteiger partial charge in [0.2, 0.25) is 17.5 Å². The molecule has 13 heteroatoms. The number of nitrogens with zero attached hydrogens (tertiary/aromatic N) is 4. The average molecular weight is 557 g/mol. The molecule has 0 atom stereocenters. The van der Waals surface area contributed by atoms with Crippen LogP contribution in [0.5, 0.6) is 11.8 Å². The van der Waals surface area contributed by atoms with Crippen LogP contribution < -0.4 is 30.3 Å². The van der Waals surface area contributed by atoms with Crippen LogP contribution in [-0.4, -0.2) is 56.4 Å². The van der Waals surface area contributed by atoms with E-state index in [1.54, 1.807) is 12.1 Å². The number of nitrogens with two attached hydrogens (primary N) is 1. The van der Waals surface area contributed by atoms with Gasteiger partial charge in [-0.15, -0.1) is 0 Å². The SMILES string of the molecule is COc1nc(OC)c(F)c(N2Cc3cnc(Nc4cc(F)c(N5CCOCC5)cc4N)cc3C3(CC3)C2=O)c1F. The second-order valence-corrected chi connectivity index (χ2v) is 9.92. The molecule has 1 aromatic carbocycles. The first-order chi connectivity index (χ1) is 19.3. The maximum atomic E-state index is 15.2. The minimum Gasteiger partial charge on any atom is -0.479 e. The summed E-state index contributed by atoms with van der Waals surface area (Å²) in [5.41, 5.74) is 7.08. The summed E-state index contributed by atoms with van der Waals surface area (Å²) in [4.78, 5) is 24.7. The third kappa shape index (κ3) is 4.12. The first-order valence-electron chi connectivity index (χ1n) is 12.7. The molecule has 6 rings (SSSR count). The largest absolute Gasteiger partial charge is 0.479 e. The van der Waals surface area contributed by atoms with E-state index in [2.05, 4.69) is 15.3 Å². The molecule has 0 bridgehead atoms. The van der Waals surface area contributed by atoms with Crippen molar-refractivity contribution in [1.29, 1.82) is 0 Å². The van der Waals surface area contributed by atoms with Crippen LogP contribution >= 0.6 is 0 Å². The number of pyridine rings is 2. The standard InChI is InChI=1S/C27H27F3N6O4/c1-38-24-21(29)23(22(30)25(34-24)39-2)36-13-14-12-32-20(9-15(14)27(3-4-27)26(36)37)33-18-10-16(28)19(11-17(18)31)35-5-7-40-8-6-35/h9-12H,3-8,13,31H2,1-2H3,(H,32,33). The number of carbonyl (C=O) groups excluding carboxylic acids is 1. The van der Waals surface area contributed by atoms with E-state index in [1.165, 1.54) is 26.5 Å². The molecule has 0 unspecified atom stereocenters. The van der Waals surface area contributed by atoms with Gasteiger partial charge in [-0.25, -0.2) is 9.37 Å². The van der Waals surface area contributed by atoms with Crippen LogP contribution in [0.2, 0.25) is 0 Å². The number of aromatic nitrogens is 2. The fourth-order valence-electron chi connectivity index (χ4n) is 5.40. The van der Waals surface area contributed by atoms with E-state index in [1.807, 2.05) is 4.90 Å². The summed E-state index contributed by atoms with van der Waals surface area (Å²) in [6.07, 6.45) is 2.52. The number of anilines is 5. The number of fused-ring (bicyclic) bond motifs is 2. The van der Waals surface area contributed by atoms with Crippen molar-refractivity contribution in [2.24, 2.45) is 0 Å². The fourth-order valence-corrected chi connectivity index (χ4v) is 5.40. The summed E-state index contributed by atoms with van der Waals surface area (Å²) in [7, 11) is 2.38. The number of amides is 1. The van der Waals surface area contributed by atoms with Crippen LogP contribution in [0.4, 0.5) is 41.7 Å². The van der Waals surface area contributed by atoms with E-state index in [0.717, 1.165) is 4.90 Å². The van der Waals surface area contributed by atoms with Crippen LogP contribution in [0.3, 0.4) is 0 Å². The summed E-state index contributed by atoms with van der Waals surface area (Å²) in [5, 5.41) is 3.06. The Morgan fingerprint density at radius 1 is 1.05 bits per heavy atom. The van der Waals surface area contributed by atoms with Crippen molar-refractivity contribution < 1.29 is 32.2 Å². The lowest BCUT2D eigenvalue weighted by molar-refractivity contribution is -0.121. The molecule has 1 amide bonds. The molecular weight excluding hydrogens is 529 g/mol. The fraction of sp³-hybridized carbons (Fsp3) is 0.370. The molecule has 1 aliphatic carbocycles. The number of morpholine rings is 1. The number of hydrogen-bond acceptors (Lipinski definition) is 9. The molecule has 2 aromatic heterocycles. The number of nitrogen functional groups attached to an aromatic ring is 1. The Morgan fingerprint density at radius 2 is 1.73 bits per heavy atom. The number of benzene rings is 1. The van der Waals surface area contributed by atoms with Gasteiger partial charge >= 0.3 is 0 Å². The lowest BCUT2D eigenvalue weighted by atomic mass is 9.86. The molecule has 1 spiro atoms. The molecule has 1 saturated heterocycles. The molecule has 10 nitrogen and oxygen atoms in total. The molecule has 3 N–H and O–H groups in total. The summed E-state index contributed by atoms with van der Waals surface area (Å²) in [6, 6.07) is 4.60. The number of carbonyl (C=O) groups is 1. The van der Waals surface area contributed by atoms with Crippen molar-refractivity contribution in [2.45, 2.75) is 24.8 Å². The zero-order valence-corrected chi connectivity index (χ0v) is 21.9. The highest BCUT2D eigenvalue weighted by Gasteiger charge is 2.57. The van der Waals surface area contributed by atoms with Crippen molar-refractivity contribution in [3.05, 3.63) is 53.0 Å². The molecule has 40 heavy (non-hydrogen) atoms. The maximum absolute atomic E-state index is 15.2.